The SMILES string of the molecule is [2H]C=C([2H])C1=C(/C([2H])=C/N(c2ccccc2)c2c([2H])c([2H])c(-c3ccc(/C=C\C=C)c(/C=C\C=C)c3)c([2H])c2[2H])C(c2ccccc2)(c2ccccc2)c2ccccc21. The van der Waals surface area contributed by atoms with Gasteiger partial charge in [-0.25, -0.2) is 0 Å². The van der Waals surface area contributed by atoms with E-state index in [9.17, 15) is 8.22 Å². The molecule has 0 unspecified atom stereocenters. The highest BCUT2D eigenvalue weighted by atomic mass is 15.1. The van der Waals surface area contributed by atoms with E-state index in [2.05, 4.69) is 13.2 Å². The first-order chi connectivity index (χ1) is 28.7. The van der Waals surface area contributed by atoms with E-state index in [-0.39, 0.29) is 47.5 Å². The van der Waals surface area contributed by atoms with Gasteiger partial charge in [0, 0.05) is 17.6 Å². The molecule has 1 aliphatic carbocycles. The molecule has 0 bridgehead atoms. The van der Waals surface area contributed by atoms with Crippen LogP contribution in [-0.4, -0.2) is 0 Å². The van der Waals surface area contributed by atoms with E-state index in [1.165, 1.54) is 11.1 Å². The second kappa shape index (κ2) is 15.5. The first-order valence-corrected chi connectivity index (χ1v) is 17.1. The average Bonchev–Trinajstić information content (AvgIpc) is 3.59. The summed E-state index contributed by atoms with van der Waals surface area (Å²) < 4.78 is 65.4. The molecular formula is C51H41N. The third-order valence-electron chi connectivity index (χ3n) is 9.21. The number of anilines is 2. The van der Waals surface area contributed by atoms with Crippen molar-refractivity contribution < 1.29 is 9.60 Å². The molecule has 0 spiro atoms. The zero-order valence-electron chi connectivity index (χ0n) is 35.7. The molecule has 0 heterocycles. The van der Waals surface area contributed by atoms with Crippen LogP contribution in [0.3, 0.4) is 0 Å². The minimum atomic E-state index is -1.11. The highest BCUT2D eigenvalue weighted by Crippen LogP contribution is 2.55. The van der Waals surface area contributed by atoms with Crippen LogP contribution in [0.15, 0.2) is 226 Å². The number of benzene rings is 6. The van der Waals surface area contributed by atoms with E-state index in [4.69, 9.17) is 1.37 Å². The maximum Gasteiger partial charge on any atom is 0.0714 e. The molecule has 1 nitrogen and oxygen atoms in total. The smallest absolute Gasteiger partial charge is 0.0714 e. The van der Waals surface area contributed by atoms with Gasteiger partial charge < -0.3 is 4.90 Å². The molecule has 0 atom stereocenters. The van der Waals surface area contributed by atoms with Crippen molar-refractivity contribution >= 4 is 29.1 Å². The van der Waals surface area contributed by atoms with Gasteiger partial charge in [0.25, 0.3) is 0 Å². The Labute approximate surface area is 318 Å². The fourth-order valence-corrected chi connectivity index (χ4v) is 6.88. The zero-order chi connectivity index (χ0) is 41.7. The molecule has 0 amide bonds. The summed E-state index contributed by atoms with van der Waals surface area (Å²) in [6.07, 6.45) is 12.2. The van der Waals surface area contributed by atoms with Crippen molar-refractivity contribution in [3.8, 4) is 11.1 Å². The number of fused-ring (bicyclic) bond motifs is 1. The second-order valence-corrected chi connectivity index (χ2v) is 12.2. The first-order valence-electron chi connectivity index (χ1n) is 20.6. The average molecular weight is 675 g/mol. The number of rotatable bonds is 12. The Kier molecular flexibility index (Phi) is 7.78. The van der Waals surface area contributed by atoms with Crippen LogP contribution in [0.25, 0.3) is 28.9 Å². The molecule has 1 heteroatoms. The van der Waals surface area contributed by atoms with Gasteiger partial charge in [-0.05, 0) is 92.0 Å². The quantitative estimate of drug-likeness (QED) is 0.117. The van der Waals surface area contributed by atoms with Gasteiger partial charge in [-0.1, -0.05) is 190 Å². The van der Waals surface area contributed by atoms with Gasteiger partial charge >= 0.3 is 0 Å². The number of para-hydroxylation sites is 1. The molecule has 0 saturated heterocycles. The summed E-state index contributed by atoms with van der Waals surface area (Å²) in [5.74, 6) is 0. The maximum absolute atomic E-state index is 10.1. The van der Waals surface area contributed by atoms with Crippen molar-refractivity contribution in [2.75, 3.05) is 4.90 Å². The molecule has 0 radical (unpaired) electrons. The molecule has 0 saturated carbocycles. The van der Waals surface area contributed by atoms with Crippen molar-refractivity contribution in [2.45, 2.75) is 5.41 Å². The second-order valence-electron chi connectivity index (χ2n) is 12.2. The zero-order valence-corrected chi connectivity index (χ0v) is 28.7. The summed E-state index contributed by atoms with van der Waals surface area (Å²) in [5, 5.41) is 0. The van der Waals surface area contributed by atoms with Crippen molar-refractivity contribution in [1.29, 1.82) is 0 Å². The van der Waals surface area contributed by atoms with Crippen molar-refractivity contribution in [2.24, 2.45) is 0 Å². The summed E-state index contributed by atoms with van der Waals surface area (Å²) in [5.41, 5.74) is 5.82. The minimum Gasteiger partial charge on any atom is -0.317 e. The summed E-state index contributed by atoms with van der Waals surface area (Å²) in [6.45, 7) is 8.54. The monoisotopic (exact) mass is 674 g/mol. The van der Waals surface area contributed by atoms with Gasteiger partial charge in [0.1, 0.15) is 0 Å². The predicted molar refractivity (Wildman–Crippen MR) is 224 cm³/mol. The Balaban J connectivity index is 1.52. The molecule has 250 valence electrons. The van der Waals surface area contributed by atoms with Gasteiger partial charge in [-0.2, -0.15) is 0 Å². The summed E-state index contributed by atoms with van der Waals surface area (Å²) >= 11 is 0. The molecule has 0 fully saturated rings. The molecular weight excluding hydrogens is 627 g/mol. The van der Waals surface area contributed by atoms with Gasteiger partial charge in [0.2, 0.25) is 0 Å². The van der Waals surface area contributed by atoms with Crippen LogP contribution in [0.4, 0.5) is 11.4 Å². The molecule has 7 rings (SSSR count). The minimum absolute atomic E-state index is 0.0397. The molecule has 6 aromatic carbocycles. The van der Waals surface area contributed by atoms with E-state index in [0.717, 1.165) is 39.9 Å². The van der Waals surface area contributed by atoms with Crippen LogP contribution < -0.4 is 4.90 Å². The molecule has 0 aliphatic heterocycles. The number of nitrogens with zero attached hydrogens (tertiary/aromatic N) is 1. The maximum atomic E-state index is 10.1. The van der Waals surface area contributed by atoms with Crippen LogP contribution >= 0.6 is 0 Å². The number of hydrogen-bond donors (Lipinski definition) is 0. The van der Waals surface area contributed by atoms with Gasteiger partial charge in [-0.3, -0.25) is 0 Å². The van der Waals surface area contributed by atoms with Crippen LogP contribution in [0.2, 0.25) is 0 Å². The Morgan fingerprint density at radius 2 is 1.21 bits per heavy atom. The van der Waals surface area contributed by atoms with Crippen LogP contribution in [0, 0.1) is 0 Å². The lowest BCUT2D eigenvalue weighted by Crippen LogP contribution is -2.29. The first kappa shape index (κ1) is 26.2. The highest BCUT2D eigenvalue weighted by molar-refractivity contribution is 5.92. The highest BCUT2D eigenvalue weighted by Gasteiger charge is 2.46. The summed E-state index contributed by atoms with van der Waals surface area (Å²) in [6, 6.07) is 40.8. The lowest BCUT2D eigenvalue weighted by Gasteiger charge is -2.35. The molecule has 52 heavy (non-hydrogen) atoms. The largest absolute Gasteiger partial charge is 0.317 e. The van der Waals surface area contributed by atoms with Crippen LogP contribution in [0.1, 0.15) is 43.0 Å². The van der Waals surface area contributed by atoms with Crippen molar-refractivity contribution in [1.82, 2.24) is 0 Å². The standard InChI is InChI=1S/C51H41N/c1-4-7-20-39-30-31-42(38-41(39)21-8-5-2)40-32-34-46(35-33-40)52(45-26-16-11-17-27-45)37-36-50-47(6-3)48-28-18-19-29-49(48)51(50,43-22-12-9-13-23-43)44-24-14-10-15-25-44/h4-38H,1-3H2/b20-7-,21-8-,37-36+/i3D,6D,32D,33D,34D,35D,36D/b6-3?,20-7-,21-8-,37-36+. The lowest BCUT2D eigenvalue weighted by molar-refractivity contribution is 0.761. The van der Waals surface area contributed by atoms with E-state index >= 15 is 0 Å². The van der Waals surface area contributed by atoms with Gasteiger partial charge in [0.15, 0.2) is 0 Å². The summed E-state index contributed by atoms with van der Waals surface area (Å²) in [4.78, 5) is 1.54. The van der Waals surface area contributed by atoms with Crippen LogP contribution in [0.5, 0.6) is 0 Å². The third kappa shape index (κ3) is 6.37. The van der Waals surface area contributed by atoms with Crippen molar-refractivity contribution in [3.63, 3.8) is 0 Å². The van der Waals surface area contributed by atoms with E-state index in [1.54, 1.807) is 36.4 Å². The van der Waals surface area contributed by atoms with Gasteiger partial charge in [0.05, 0.1) is 15.0 Å². The summed E-state index contributed by atoms with van der Waals surface area (Å²) in [7, 11) is 0. The normalized spacial score (nSPS) is 16.0. The molecule has 0 aromatic heterocycles. The van der Waals surface area contributed by atoms with Gasteiger partial charge in [-0.15, -0.1) is 0 Å². The van der Waals surface area contributed by atoms with E-state index < -0.39 is 5.41 Å². The van der Waals surface area contributed by atoms with Crippen LogP contribution in [-0.2, 0) is 5.41 Å². The Morgan fingerprint density at radius 1 is 0.615 bits per heavy atom. The van der Waals surface area contributed by atoms with Crippen molar-refractivity contribution in [3.05, 3.63) is 259 Å². The van der Waals surface area contributed by atoms with E-state index in [0.29, 0.717) is 22.4 Å². The number of hydrogen-bond acceptors (Lipinski definition) is 1. The number of allylic oxidation sites excluding steroid dienone is 8. The fourth-order valence-electron chi connectivity index (χ4n) is 6.88. The predicted octanol–water partition coefficient (Wildman–Crippen LogP) is 13.4. The van der Waals surface area contributed by atoms with E-state index in [1.807, 2.05) is 133 Å². The lowest BCUT2D eigenvalue weighted by atomic mass is 9.67. The molecule has 1 aliphatic rings. The fraction of sp³-hybridized carbons (Fsp3) is 0.0196. The molecule has 6 aromatic rings. The Hall–Kier alpha value is -6.70. The Morgan fingerprint density at radius 3 is 1.85 bits per heavy atom. The topological polar surface area (TPSA) is 3.24 Å². The Bertz CT molecular complexity index is 2640. The molecule has 0 N–H and O–H groups in total. The third-order valence-corrected chi connectivity index (χ3v) is 9.21.